The lowest BCUT2D eigenvalue weighted by molar-refractivity contribution is -0.127. The molecule has 18 heavy (non-hydrogen) atoms. The van der Waals surface area contributed by atoms with E-state index in [4.69, 9.17) is 14.7 Å². The van der Waals surface area contributed by atoms with Crippen molar-refractivity contribution in [1.29, 1.82) is 5.26 Å². The molecule has 0 aliphatic rings. The summed E-state index contributed by atoms with van der Waals surface area (Å²) in [5, 5.41) is 11.4. The molecule has 1 N–H and O–H groups in total. The first-order valence-corrected chi connectivity index (χ1v) is 5.64. The van der Waals surface area contributed by atoms with Gasteiger partial charge in [-0.05, 0) is 26.0 Å². The van der Waals surface area contributed by atoms with Gasteiger partial charge < -0.3 is 14.8 Å². The normalized spacial score (nSPS) is 11.2. The van der Waals surface area contributed by atoms with E-state index >= 15 is 0 Å². The summed E-state index contributed by atoms with van der Waals surface area (Å²) in [6.07, 6.45) is -0.619. The third-order valence-electron chi connectivity index (χ3n) is 2.32. The SMILES string of the molecule is CCNC(=O)[C@H](C)Oc1ccc(C#N)cc1OC. The molecule has 5 heteroatoms. The van der Waals surface area contributed by atoms with Gasteiger partial charge in [-0.1, -0.05) is 0 Å². The van der Waals surface area contributed by atoms with Crippen LogP contribution < -0.4 is 14.8 Å². The van der Waals surface area contributed by atoms with Crippen LogP contribution in [0.3, 0.4) is 0 Å². The van der Waals surface area contributed by atoms with Crippen molar-refractivity contribution in [1.82, 2.24) is 5.32 Å². The number of amides is 1. The van der Waals surface area contributed by atoms with Crippen molar-refractivity contribution in [3.8, 4) is 17.6 Å². The number of carbonyl (C=O) groups excluding carboxylic acids is 1. The van der Waals surface area contributed by atoms with Crippen molar-refractivity contribution >= 4 is 5.91 Å². The summed E-state index contributed by atoms with van der Waals surface area (Å²) in [4.78, 5) is 11.5. The molecule has 0 unspecified atom stereocenters. The van der Waals surface area contributed by atoms with Crippen LogP contribution in [0, 0.1) is 11.3 Å². The van der Waals surface area contributed by atoms with Gasteiger partial charge in [0, 0.05) is 12.6 Å². The lowest BCUT2D eigenvalue weighted by atomic mass is 10.2. The minimum Gasteiger partial charge on any atom is -0.493 e. The number of nitrogens with one attached hydrogen (secondary N) is 1. The predicted octanol–water partition coefficient (Wildman–Crippen LogP) is 1.47. The summed E-state index contributed by atoms with van der Waals surface area (Å²) in [6, 6.07) is 6.81. The van der Waals surface area contributed by atoms with Crippen LogP contribution in [-0.4, -0.2) is 25.7 Å². The molecule has 0 spiro atoms. The Hall–Kier alpha value is -2.22. The van der Waals surface area contributed by atoms with Crippen molar-refractivity contribution in [2.75, 3.05) is 13.7 Å². The number of hydrogen-bond donors (Lipinski definition) is 1. The zero-order chi connectivity index (χ0) is 13.5. The highest BCUT2D eigenvalue weighted by Crippen LogP contribution is 2.28. The molecule has 0 saturated heterocycles. The highest BCUT2D eigenvalue weighted by molar-refractivity contribution is 5.80. The summed E-state index contributed by atoms with van der Waals surface area (Å²) in [7, 11) is 1.49. The molecule has 0 aliphatic heterocycles. The van der Waals surface area contributed by atoms with Crippen LogP contribution >= 0.6 is 0 Å². The Kier molecular flexibility index (Phi) is 5.00. The Labute approximate surface area is 106 Å². The molecule has 5 nitrogen and oxygen atoms in total. The number of benzene rings is 1. The van der Waals surface area contributed by atoms with E-state index in [1.807, 2.05) is 13.0 Å². The molecule has 0 aliphatic carbocycles. The first-order chi connectivity index (χ1) is 8.62. The lowest BCUT2D eigenvalue weighted by Gasteiger charge is -2.16. The molecule has 1 aromatic carbocycles. The number of nitriles is 1. The van der Waals surface area contributed by atoms with E-state index < -0.39 is 6.10 Å². The molecule has 0 aromatic heterocycles. The van der Waals surface area contributed by atoms with Gasteiger partial charge in [0.15, 0.2) is 17.6 Å². The molecule has 0 fully saturated rings. The van der Waals surface area contributed by atoms with Crippen molar-refractivity contribution < 1.29 is 14.3 Å². The molecule has 1 amide bonds. The fourth-order valence-electron chi connectivity index (χ4n) is 1.40. The van der Waals surface area contributed by atoms with E-state index in [2.05, 4.69) is 5.32 Å². The van der Waals surface area contributed by atoms with Gasteiger partial charge in [-0.2, -0.15) is 5.26 Å². The van der Waals surface area contributed by atoms with Gasteiger partial charge in [-0.25, -0.2) is 0 Å². The van der Waals surface area contributed by atoms with Crippen LogP contribution in [0.2, 0.25) is 0 Å². The monoisotopic (exact) mass is 248 g/mol. The molecule has 1 atom stereocenters. The number of hydrogen-bond acceptors (Lipinski definition) is 4. The Morgan fingerprint density at radius 2 is 2.22 bits per heavy atom. The third-order valence-corrected chi connectivity index (χ3v) is 2.32. The molecule has 96 valence electrons. The maximum atomic E-state index is 11.5. The summed E-state index contributed by atoms with van der Waals surface area (Å²) in [5.74, 6) is 0.685. The van der Waals surface area contributed by atoms with E-state index in [-0.39, 0.29) is 5.91 Å². The van der Waals surface area contributed by atoms with Gasteiger partial charge >= 0.3 is 0 Å². The summed E-state index contributed by atoms with van der Waals surface area (Å²) >= 11 is 0. The maximum absolute atomic E-state index is 11.5. The predicted molar refractivity (Wildman–Crippen MR) is 66.5 cm³/mol. The first-order valence-electron chi connectivity index (χ1n) is 5.64. The highest BCUT2D eigenvalue weighted by Gasteiger charge is 2.16. The lowest BCUT2D eigenvalue weighted by Crippen LogP contribution is -2.36. The first kappa shape index (κ1) is 13.8. The number of methoxy groups -OCH3 is 1. The Balaban J connectivity index is 2.84. The van der Waals surface area contributed by atoms with Gasteiger partial charge in [0.2, 0.25) is 0 Å². The zero-order valence-electron chi connectivity index (χ0n) is 10.7. The van der Waals surface area contributed by atoms with Gasteiger partial charge in [-0.3, -0.25) is 4.79 Å². The standard InChI is InChI=1S/C13H16N2O3/c1-4-15-13(16)9(2)18-11-6-5-10(8-14)7-12(11)17-3/h5-7,9H,4H2,1-3H3,(H,15,16)/t9-/m0/s1. The van der Waals surface area contributed by atoms with E-state index in [1.165, 1.54) is 7.11 Å². The molecule has 1 rings (SSSR count). The largest absolute Gasteiger partial charge is 0.493 e. The number of nitrogens with zero attached hydrogens (tertiary/aromatic N) is 1. The van der Waals surface area contributed by atoms with Crippen LogP contribution in [0.25, 0.3) is 0 Å². The second kappa shape index (κ2) is 6.50. The number of carbonyl (C=O) groups is 1. The molecule has 0 radical (unpaired) electrons. The number of ether oxygens (including phenoxy) is 2. The summed E-state index contributed by atoms with van der Waals surface area (Å²) in [6.45, 7) is 4.05. The van der Waals surface area contributed by atoms with Crippen LogP contribution in [-0.2, 0) is 4.79 Å². The van der Waals surface area contributed by atoms with Crippen molar-refractivity contribution in [3.63, 3.8) is 0 Å². The molecule has 0 saturated carbocycles. The van der Waals surface area contributed by atoms with Gasteiger partial charge in [0.05, 0.1) is 18.7 Å². The summed E-state index contributed by atoms with van der Waals surface area (Å²) in [5.41, 5.74) is 0.477. The fourth-order valence-corrected chi connectivity index (χ4v) is 1.40. The minimum atomic E-state index is -0.619. The number of rotatable bonds is 5. The quantitative estimate of drug-likeness (QED) is 0.856. The van der Waals surface area contributed by atoms with E-state index in [0.717, 1.165) is 0 Å². The average Bonchev–Trinajstić information content (AvgIpc) is 2.39. The van der Waals surface area contributed by atoms with Crippen molar-refractivity contribution in [2.24, 2.45) is 0 Å². The van der Waals surface area contributed by atoms with Crippen LogP contribution in [0.4, 0.5) is 0 Å². The minimum absolute atomic E-state index is 0.191. The molecule has 0 bridgehead atoms. The van der Waals surface area contributed by atoms with E-state index in [9.17, 15) is 4.79 Å². The number of likely N-dealkylation sites (N-methyl/N-ethyl adjacent to an activating group) is 1. The van der Waals surface area contributed by atoms with Crippen molar-refractivity contribution in [3.05, 3.63) is 23.8 Å². The fraction of sp³-hybridized carbons (Fsp3) is 0.385. The van der Waals surface area contributed by atoms with Crippen LogP contribution in [0.1, 0.15) is 19.4 Å². The smallest absolute Gasteiger partial charge is 0.260 e. The average molecular weight is 248 g/mol. The topological polar surface area (TPSA) is 71.3 Å². The molecular formula is C13H16N2O3. The second-order valence-electron chi connectivity index (χ2n) is 3.63. The second-order valence-corrected chi connectivity index (χ2v) is 3.63. The third kappa shape index (κ3) is 3.39. The molecule has 0 heterocycles. The van der Waals surface area contributed by atoms with E-state index in [0.29, 0.717) is 23.6 Å². The van der Waals surface area contributed by atoms with E-state index in [1.54, 1.807) is 25.1 Å². The molecule has 1 aromatic rings. The van der Waals surface area contributed by atoms with Gasteiger partial charge in [0.1, 0.15) is 0 Å². The van der Waals surface area contributed by atoms with Crippen LogP contribution in [0.5, 0.6) is 11.5 Å². The Bertz CT molecular complexity index is 466. The zero-order valence-corrected chi connectivity index (χ0v) is 10.7. The Morgan fingerprint density at radius 1 is 1.50 bits per heavy atom. The molecular weight excluding hydrogens is 232 g/mol. The summed E-state index contributed by atoms with van der Waals surface area (Å²) < 4.78 is 10.6. The Morgan fingerprint density at radius 3 is 2.78 bits per heavy atom. The maximum Gasteiger partial charge on any atom is 0.260 e. The van der Waals surface area contributed by atoms with Crippen molar-refractivity contribution in [2.45, 2.75) is 20.0 Å². The highest BCUT2D eigenvalue weighted by atomic mass is 16.5. The van der Waals surface area contributed by atoms with Gasteiger partial charge in [-0.15, -0.1) is 0 Å². The van der Waals surface area contributed by atoms with Gasteiger partial charge in [0.25, 0.3) is 5.91 Å². The van der Waals surface area contributed by atoms with Crippen LogP contribution in [0.15, 0.2) is 18.2 Å².